The van der Waals surface area contributed by atoms with Crippen molar-refractivity contribution in [1.29, 1.82) is 0 Å². The first-order valence-corrected chi connectivity index (χ1v) is 9.28. The minimum Gasteiger partial charge on any atom is -0.350 e. The van der Waals surface area contributed by atoms with Crippen molar-refractivity contribution < 1.29 is 4.79 Å². The van der Waals surface area contributed by atoms with Crippen LogP contribution in [0.5, 0.6) is 0 Å². The molecule has 2 aromatic carbocycles. The van der Waals surface area contributed by atoms with Crippen LogP contribution >= 0.6 is 0 Å². The highest BCUT2D eigenvalue weighted by Crippen LogP contribution is 2.16. The van der Waals surface area contributed by atoms with Crippen LogP contribution in [0.3, 0.4) is 0 Å². The first-order chi connectivity index (χ1) is 14.2. The highest BCUT2D eigenvalue weighted by Gasteiger charge is 2.07. The number of hydrogen-bond acceptors (Lipinski definition) is 5. The topological polar surface area (TPSA) is 89.8 Å². The molecule has 7 nitrogen and oxygen atoms in total. The summed E-state index contributed by atoms with van der Waals surface area (Å²) >= 11 is 0. The molecule has 4 aromatic rings. The number of nitrogens with zero attached hydrogens (tertiary/aromatic N) is 4. The summed E-state index contributed by atoms with van der Waals surface area (Å²) in [5.74, 6) is -0.162. The lowest BCUT2D eigenvalue weighted by molar-refractivity contribution is -0.121. The molecule has 0 saturated carbocycles. The van der Waals surface area contributed by atoms with Crippen LogP contribution in [-0.4, -0.2) is 25.4 Å². The van der Waals surface area contributed by atoms with E-state index < -0.39 is 0 Å². The molecule has 1 N–H and O–H groups in total. The van der Waals surface area contributed by atoms with Gasteiger partial charge in [0.25, 0.3) is 5.56 Å². The lowest BCUT2D eigenvalue weighted by atomic mass is 10.1. The van der Waals surface area contributed by atoms with Gasteiger partial charge in [0.15, 0.2) is 0 Å². The summed E-state index contributed by atoms with van der Waals surface area (Å²) in [6.07, 6.45) is 3.15. The first-order valence-electron chi connectivity index (χ1n) is 9.28. The summed E-state index contributed by atoms with van der Waals surface area (Å²) in [5.41, 5.74) is 3.02. The van der Waals surface area contributed by atoms with Crippen LogP contribution in [0.4, 0.5) is 0 Å². The maximum absolute atomic E-state index is 12.5. The van der Waals surface area contributed by atoms with Gasteiger partial charge in [0.1, 0.15) is 6.33 Å². The number of aryl methyl sites for hydroxylation is 1. The summed E-state index contributed by atoms with van der Waals surface area (Å²) in [6, 6.07) is 18.8. The number of benzene rings is 2. The third-order valence-electron chi connectivity index (χ3n) is 4.57. The van der Waals surface area contributed by atoms with Crippen LogP contribution < -0.4 is 10.9 Å². The average Bonchev–Trinajstić information content (AvgIpc) is 2.78. The first kappa shape index (κ1) is 18.5. The van der Waals surface area contributed by atoms with Crippen molar-refractivity contribution in [2.75, 3.05) is 0 Å². The van der Waals surface area contributed by atoms with Crippen LogP contribution in [0, 0.1) is 0 Å². The van der Waals surface area contributed by atoms with Gasteiger partial charge in [-0.1, -0.05) is 42.5 Å². The zero-order chi connectivity index (χ0) is 20.1. The van der Waals surface area contributed by atoms with Gasteiger partial charge < -0.3 is 5.32 Å². The largest absolute Gasteiger partial charge is 0.350 e. The van der Waals surface area contributed by atoms with E-state index in [9.17, 15) is 9.59 Å². The van der Waals surface area contributed by atoms with Crippen molar-refractivity contribution in [3.63, 3.8) is 0 Å². The monoisotopic (exact) mass is 385 g/mol. The number of amides is 1. The Morgan fingerprint density at radius 3 is 2.62 bits per heavy atom. The highest BCUT2D eigenvalue weighted by atomic mass is 16.1. The van der Waals surface area contributed by atoms with E-state index in [4.69, 9.17) is 0 Å². The van der Waals surface area contributed by atoms with E-state index in [1.165, 1.54) is 17.2 Å². The van der Waals surface area contributed by atoms with Gasteiger partial charge in [0.05, 0.1) is 35.2 Å². The molecular weight excluding hydrogens is 366 g/mol. The number of para-hydroxylation sites is 1. The van der Waals surface area contributed by atoms with Crippen molar-refractivity contribution in [3.05, 3.63) is 89.4 Å². The molecule has 0 saturated heterocycles. The molecule has 144 valence electrons. The standard InChI is InChI=1S/C22H19N5O2/c28-21(10-11-27-15-26-19-9-5-4-8-18(19)22(27)29)23-13-17-12-20(25-14-24-17)16-6-2-1-3-7-16/h1-9,12,14-15H,10-11,13H2,(H,23,28). The van der Waals surface area contributed by atoms with Gasteiger partial charge in [0, 0.05) is 18.5 Å². The predicted molar refractivity (Wildman–Crippen MR) is 110 cm³/mol. The molecule has 2 aromatic heterocycles. The molecule has 0 fully saturated rings. The maximum atomic E-state index is 12.5. The fourth-order valence-electron chi connectivity index (χ4n) is 3.03. The Bertz CT molecular complexity index is 1200. The molecule has 0 aliphatic rings. The van der Waals surface area contributed by atoms with Gasteiger partial charge in [-0.25, -0.2) is 15.0 Å². The number of aromatic nitrogens is 4. The molecule has 0 unspecified atom stereocenters. The molecule has 7 heteroatoms. The molecule has 0 aliphatic carbocycles. The zero-order valence-electron chi connectivity index (χ0n) is 15.7. The van der Waals surface area contributed by atoms with Crippen molar-refractivity contribution in [2.45, 2.75) is 19.5 Å². The average molecular weight is 385 g/mol. The van der Waals surface area contributed by atoms with Gasteiger partial charge in [-0.15, -0.1) is 0 Å². The second-order valence-electron chi connectivity index (χ2n) is 6.55. The Balaban J connectivity index is 1.36. The Hall–Kier alpha value is -3.87. The highest BCUT2D eigenvalue weighted by molar-refractivity contribution is 5.77. The summed E-state index contributed by atoms with van der Waals surface area (Å²) in [6.45, 7) is 0.563. The van der Waals surface area contributed by atoms with E-state index >= 15 is 0 Å². The van der Waals surface area contributed by atoms with Gasteiger partial charge in [-0.2, -0.15) is 0 Å². The Labute approximate surface area is 167 Å². The SMILES string of the molecule is O=C(CCn1cnc2ccccc2c1=O)NCc1cc(-c2ccccc2)ncn1. The number of nitrogens with one attached hydrogen (secondary N) is 1. The fraction of sp³-hybridized carbons (Fsp3) is 0.136. The normalized spacial score (nSPS) is 10.8. The number of fused-ring (bicyclic) bond motifs is 1. The minimum absolute atomic E-state index is 0.147. The number of hydrogen-bond donors (Lipinski definition) is 1. The molecule has 2 heterocycles. The summed E-state index contributed by atoms with van der Waals surface area (Å²) in [7, 11) is 0. The third-order valence-corrected chi connectivity index (χ3v) is 4.57. The molecular formula is C22H19N5O2. The molecule has 1 amide bonds. The third kappa shape index (κ3) is 4.35. The molecule has 0 spiro atoms. The lowest BCUT2D eigenvalue weighted by Gasteiger charge is -2.08. The van der Waals surface area contributed by atoms with Crippen molar-refractivity contribution in [2.24, 2.45) is 0 Å². The second-order valence-corrected chi connectivity index (χ2v) is 6.55. The Morgan fingerprint density at radius 2 is 1.76 bits per heavy atom. The van der Waals surface area contributed by atoms with E-state index in [0.717, 1.165) is 17.0 Å². The molecule has 29 heavy (non-hydrogen) atoms. The molecule has 0 atom stereocenters. The van der Waals surface area contributed by atoms with Gasteiger partial charge in [-0.05, 0) is 18.2 Å². The van der Waals surface area contributed by atoms with E-state index in [-0.39, 0.29) is 24.4 Å². The van der Waals surface area contributed by atoms with Crippen LogP contribution in [0.1, 0.15) is 12.1 Å². The summed E-state index contributed by atoms with van der Waals surface area (Å²) < 4.78 is 1.46. The van der Waals surface area contributed by atoms with E-state index in [1.54, 1.807) is 18.2 Å². The smallest absolute Gasteiger partial charge is 0.261 e. The van der Waals surface area contributed by atoms with E-state index in [2.05, 4.69) is 20.3 Å². The Morgan fingerprint density at radius 1 is 0.966 bits per heavy atom. The molecule has 0 radical (unpaired) electrons. The van der Waals surface area contributed by atoms with Crippen molar-refractivity contribution >= 4 is 16.8 Å². The van der Waals surface area contributed by atoms with E-state index in [1.807, 2.05) is 42.5 Å². The number of rotatable bonds is 6. The van der Waals surface area contributed by atoms with Gasteiger partial charge in [-0.3, -0.25) is 14.2 Å². The van der Waals surface area contributed by atoms with Crippen molar-refractivity contribution in [3.8, 4) is 11.3 Å². The van der Waals surface area contributed by atoms with Gasteiger partial charge >= 0.3 is 0 Å². The van der Waals surface area contributed by atoms with Crippen molar-refractivity contribution in [1.82, 2.24) is 24.8 Å². The van der Waals surface area contributed by atoms with Crippen LogP contribution in [-0.2, 0) is 17.9 Å². The van der Waals surface area contributed by atoms with Crippen LogP contribution in [0.25, 0.3) is 22.2 Å². The summed E-state index contributed by atoms with van der Waals surface area (Å²) in [5, 5.41) is 3.39. The number of carbonyl (C=O) groups excluding carboxylic acids is 1. The molecule has 0 aliphatic heterocycles. The lowest BCUT2D eigenvalue weighted by Crippen LogP contribution is -2.27. The maximum Gasteiger partial charge on any atom is 0.261 e. The van der Waals surface area contributed by atoms with Crippen LogP contribution in [0.2, 0.25) is 0 Å². The quantitative estimate of drug-likeness (QED) is 0.551. The molecule has 0 bridgehead atoms. The Kier molecular flexibility index (Phi) is 5.38. The minimum atomic E-state index is -0.162. The van der Waals surface area contributed by atoms with Gasteiger partial charge in [0.2, 0.25) is 5.91 Å². The second kappa shape index (κ2) is 8.43. The van der Waals surface area contributed by atoms with Crippen LogP contribution in [0.15, 0.2) is 78.1 Å². The predicted octanol–water partition coefficient (Wildman–Crippen LogP) is 2.56. The molecule has 4 rings (SSSR count). The number of carbonyl (C=O) groups is 1. The summed E-state index contributed by atoms with van der Waals surface area (Å²) in [4.78, 5) is 37.5. The van der Waals surface area contributed by atoms with E-state index in [0.29, 0.717) is 17.4 Å². The zero-order valence-corrected chi connectivity index (χ0v) is 15.7. The fourth-order valence-corrected chi connectivity index (χ4v) is 3.03.